The number of hydrogen-bond donors (Lipinski definition) is 0. The van der Waals surface area contributed by atoms with Crippen molar-refractivity contribution in [2.75, 3.05) is 6.61 Å². The summed E-state index contributed by atoms with van der Waals surface area (Å²) < 4.78 is 5.32. The molecule has 1 aliphatic heterocycles. The molecular formula is C8H10OS. The monoisotopic (exact) mass is 154 g/mol. The quantitative estimate of drug-likeness (QED) is 0.556. The highest BCUT2D eigenvalue weighted by Gasteiger charge is 2.12. The molecule has 0 aromatic carbocycles. The Balaban J connectivity index is 2.45. The molecular weight excluding hydrogens is 144 g/mol. The van der Waals surface area contributed by atoms with Gasteiger partial charge in [0.1, 0.15) is 0 Å². The van der Waals surface area contributed by atoms with E-state index >= 15 is 0 Å². The normalized spacial score (nSPS) is 16.9. The van der Waals surface area contributed by atoms with Crippen molar-refractivity contribution in [2.45, 2.75) is 20.0 Å². The predicted octanol–water partition coefficient (Wildman–Crippen LogP) is 2.13. The van der Waals surface area contributed by atoms with E-state index in [2.05, 4.69) is 12.3 Å². The summed E-state index contributed by atoms with van der Waals surface area (Å²) in [4.78, 5) is 1.47. The van der Waals surface area contributed by atoms with E-state index in [4.69, 9.17) is 4.74 Å². The first-order chi connectivity index (χ1) is 4.88. The summed E-state index contributed by atoms with van der Waals surface area (Å²) in [5.74, 6) is 0. The zero-order valence-corrected chi connectivity index (χ0v) is 6.83. The minimum Gasteiger partial charge on any atom is -0.376 e. The largest absolute Gasteiger partial charge is 0.376 e. The average Bonchev–Trinajstić information content (AvgIpc) is 2.34. The first kappa shape index (κ1) is 6.38. The number of thiophene rings is 1. The molecule has 0 radical (unpaired) electrons. The molecule has 0 amide bonds. The third kappa shape index (κ3) is 0.879. The van der Waals surface area contributed by atoms with Crippen LogP contribution in [0.3, 0.4) is 0 Å². The minimum atomic E-state index is 0.833. The van der Waals surface area contributed by atoms with E-state index in [9.17, 15) is 0 Å². The molecule has 0 atom stereocenters. The maximum Gasteiger partial charge on any atom is 0.0727 e. The first-order valence-corrected chi connectivity index (χ1v) is 4.39. The molecule has 0 bridgehead atoms. The van der Waals surface area contributed by atoms with E-state index in [0.29, 0.717) is 0 Å². The predicted molar refractivity (Wildman–Crippen MR) is 42.4 cm³/mol. The van der Waals surface area contributed by atoms with Crippen molar-refractivity contribution in [1.82, 2.24) is 0 Å². The number of aryl methyl sites for hydroxylation is 1. The van der Waals surface area contributed by atoms with Gasteiger partial charge in [0.15, 0.2) is 0 Å². The number of hydrogen-bond acceptors (Lipinski definition) is 2. The second-order valence-corrected chi connectivity index (χ2v) is 3.68. The van der Waals surface area contributed by atoms with Crippen LogP contribution in [-0.4, -0.2) is 6.61 Å². The van der Waals surface area contributed by atoms with Gasteiger partial charge in [-0.05, 0) is 29.9 Å². The molecule has 0 saturated carbocycles. The van der Waals surface area contributed by atoms with Gasteiger partial charge in [-0.1, -0.05) is 0 Å². The molecule has 1 aromatic heterocycles. The van der Waals surface area contributed by atoms with Crippen LogP contribution < -0.4 is 0 Å². The molecule has 1 aromatic rings. The molecule has 1 aliphatic rings. The molecule has 2 heteroatoms. The molecule has 2 rings (SSSR count). The van der Waals surface area contributed by atoms with Crippen LogP contribution in [0.2, 0.25) is 0 Å². The van der Waals surface area contributed by atoms with E-state index in [1.54, 1.807) is 0 Å². The van der Waals surface area contributed by atoms with Crippen molar-refractivity contribution >= 4 is 11.3 Å². The van der Waals surface area contributed by atoms with Crippen molar-refractivity contribution in [3.63, 3.8) is 0 Å². The van der Waals surface area contributed by atoms with Gasteiger partial charge in [-0.15, -0.1) is 11.3 Å². The van der Waals surface area contributed by atoms with E-state index in [-0.39, 0.29) is 0 Å². The number of ether oxygens (including phenoxy) is 1. The molecule has 0 saturated heterocycles. The van der Waals surface area contributed by atoms with Crippen LogP contribution in [0.25, 0.3) is 0 Å². The highest BCUT2D eigenvalue weighted by molar-refractivity contribution is 7.10. The lowest BCUT2D eigenvalue weighted by Gasteiger charge is -2.12. The van der Waals surface area contributed by atoms with Crippen LogP contribution in [0.15, 0.2) is 5.38 Å². The van der Waals surface area contributed by atoms with Crippen LogP contribution in [-0.2, 0) is 17.8 Å². The molecule has 54 valence electrons. The highest BCUT2D eigenvalue weighted by atomic mass is 32.1. The van der Waals surface area contributed by atoms with Gasteiger partial charge in [0.25, 0.3) is 0 Å². The summed E-state index contributed by atoms with van der Waals surface area (Å²) in [6, 6.07) is 0. The topological polar surface area (TPSA) is 9.23 Å². The Bertz CT molecular complexity index is 239. The lowest BCUT2D eigenvalue weighted by Crippen LogP contribution is -2.07. The Hall–Kier alpha value is -0.340. The highest BCUT2D eigenvalue weighted by Crippen LogP contribution is 2.25. The van der Waals surface area contributed by atoms with Crippen LogP contribution in [0.5, 0.6) is 0 Å². The molecule has 0 aliphatic carbocycles. The summed E-state index contributed by atoms with van der Waals surface area (Å²) in [6.45, 7) is 3.93. The summed E-state index contributed by atoms with van der Waals surface area (Å²) in [5, 5.41) is 2.21. The van der Waals surface area contributed by atoms with Gasteiger partial charge in [0.2, 0.25) is 0 Å². The Morgan fingerprint density at radius 1 is 1.60 bits per heavy atom. The zero-order chi connectivity index (χ0) is 6.97. The second-order valence-electron chi connectivity index (χ2n) is 2.60. The molecule has 0 N–H and O–H groups in total. The molecule has 0 unspecified atom stereocenters. The molecule has 2 heterocycles. The van der Waals surface area contributed by atoms with Crippen LogP contribution in [0.4, 0.5) is 0 Å². The van der Waals surface area contributed by atoms with Gasteiger partial charge >= 0.3 is 0 Å². The van der Waals surface area contributed by atoms with Gasteiger partial charge in [0.05, 0.1) is 13.2 Å². The molecule has 10 heavy (non-hydrogen) atoms. The lowest BCUT2D eigenvalue weighted by molar-refractivity contribution is 0.111. The third-order valence-electron chi connectivity index (χ3n) is 1.94. The van der Waals surface area contributed by atoms with Crippen molar-refractivity contribution in [2.24, 2.45) is 0 Å². The van der Waals surface area contributed by atoms with Crippen molar-refractivity contribution < 1.29 is 4.74 Å². The van der Waals surface area contributed by atoms with E-state index in [1.807, 2.05) is 11.3 Å². The SMILES string of the molecule is Cc1scc2c1CCOC2. The van der Waals surface area contributed by atoms with E-state index in [1.165, 1.54) is 16.0 Å². The smallest absolute Gasteiger partial charge is 0.0727 e. The third-order valence-corrected chi connectivity index (χ3v) is 2.95. The molecule has 0 spiro atoms. The summed E-state index contributed by atoms with van der Waals surface area (Å²) >= 11 is 1.84. The fourth-order valence-corrected chi connectivity index (χ4v) is 2.25. The van der Waals surface area contributed by atoms with Crippen LogP contribution in [0, 0.1) is 6.92 Å². The van der Waals surface area contributed by atoms with E-state index in [0.717, 1.165) is 19.6 Å². The maximum atomic E-state index is 5.32. The standard InChI is InChI=1S/C8H10OS/c1-6-8-2-3-9-4-7(8)5-10-6/h5H,2-4H2,1H3. The van der Waals surface area contributed by atoms with Crippen LogP contribution in [0.1, 0.15) is 16.0 Å². The van der Waals surface area contributed by atoms with Crippen LogP contribution >= 0.6 is 11.3 Å². The van der Waals surface area contributed by atoms with Gasteiger partial charge < -0.3 is 4.74 Å². The van der Waals surface area contributed by atoms with Crippen molar-refractivity contribution in [3.05, 3.63) is 21.4 Å². The Morgan fingerprint density at radius 3 is 3.30 bits per heavy atom. The Morgan fingerprint density at radius 2 is 2.50 bits per heavy atom. The van der Waals surface area contributed by atoms with E-state index < -0.39 is 0 Å². The number of rotatable bonds is 0. The fourth-order valence-electron chi connectivity index (χ4n) is 1.34. The zero-order valence-electron chi connectivity index (χ0n) is 6.02. The first-order valence-electron chi connectivity index (χ1n) is 3.51. The van der Waals surface area contributed by atoms with Crippen molar-refractivity contribution in [1.29, 1.82) is 0 Å². The van der Waals surface area contributed by atoms with Gasteiger partial charge in [-0.3, -0.25) is 0 Å². The van der Waals surface area contributed by atoms with Gasteiger partial charge in [-0.25, -0.2) is 0 Å². The summed E-state index contributed by atoms with van der Waals surface area (Å²) in [7, 11) is 0. The maximum absolute atomic E-state index is 5.32. The Kier molecular flexibility index (Phi) is 1.51. The minimum absolute atomic E-state index is 0.833. The van der Waals surface area contributed by atoms with Crippen molar-refractivity contribution in [3.8, 4) is 0 Å². The molecule has 1 nitrogen and oxygen atoms in total. The second kappa shape index (κ2) is 2.36. The number of fused-ring (bicyclic) bond motifs is 1. The fraction of sp³-hybridized carbons (Fsp3) is 0.500. The van der Waals surface area contributed by atoms with Gasteiger partial charge in [0, 0.05) is 4.88 Å². The Labute approximate surface area is 64.6 Å². The average molecular weight is 154 g/mol. The summed E-state index contributed by atoms with van der Waals surface area (Å²) in [5.41, 5.74) is 2.95. The summed E-state index contributed by atoms with van der Waals surface area (Å²) in [6.07, 6.45) is 1.12. The molecule has 0 fully saturated rings. The lowest BCUT2D eigenvalue weighted by atomic mass is 10.1. The van der Waals surface area contributed by atoms with Gasteiger partial charge in [-0.2, -0.15) is 0 Å².